The molecule has 1 aliphatic carbocycles. The lowest BCUT2D eigenvalue weighted by atomic mass is 9.85. The molecule has 6 nitrogen and oxygen atoms in total. The molecule has 144 valence electrons. The Balaban J connectivity index is 1.43. The van der Waals surface area contributed by atoms with Gasteiger partial charge in [0.25, 0.3) is 5.91 Å². The van der Waals surface area contributed by atoms with Gasteiger partial charge in [0.1, 0.15) is 5.54 Å². The number of piperidine rings is 1. The van der Waals surface area contributed by atoms with Crippen molar-refractivity contribution in [1.82, 2.24) is 15.1 Å². The Morgan fingerprint density at radius 1 is 1.15 bits per heavy atom. The molecule has 2 aliphatic heterocycles. The normalized spacial score (nSPS) is 21.9. The number of urea groups is 1. The van der Waals surface area contributed by atoms with Crippen molar-refractivity contribution in [2.45, 2.75) is 45.1 Å². The summed E-state index contributed by atoms with van der Waals surface area (Å²) < 4.78 is 0. The molecule has 4 amide bonds. The van der Waals surface area contributed by atoms with Gasteiger partial charge < -0.3 is 9.80 Å². The minimum atomic E-state index is -0.781. The summed E-state index contributed by atoms with van der Waals surface area (Å²) in [4.78, 5) is 41.4. The molecule has 0 saturated carbocycles. The number of benzene rings is 1. The smallest absolute Gasteiger partial charge is 0.325 e. The number of rotatable bonds is 3. The van der Waals surface area contributed by atoms with Crippen molar-refractivity contribution in [2.24, 2.45) is 11.8 Å². The molecule has 27 heavy (non-hydrogen) atoms. The number of nitrogens with one attached hydrogen (secondary N) is 1. The van der Waals surface area contributed by atoms with Gasteiger partial charge in [0.15, 0.2) is 0 Å². The first-order valence-corrected chi connectivity index (χ1v) is 9.89. The van der Waals surface area contributed by atoms with E-state index < -0.39 is 5.54 Å². The van der Waals surface area contributed by atoms with Crippen molar-refractivity contribution >= 4 is 17.8 Å². The Kier molecular flexibility index (Phi) is 4.44. The average molecular weight is 369 g/mol. The third kappa shape index (κ3) is 3.01. The number of imide groups is 1. The molecule has 0 atom stereocenters. The highest BCUT2D eigenvalue weighted by Crippen LogP contribution is 2.35. The van der Waals surface area contributed by atoms with Crippen LogP contribution in [0, 0.1) is 11.8 Å². The first-order valence-electron chi connectivity index (χ1n) is 9.89. The second kappa shape index (κ2) is 6.66. The predicted octanol–water partition coefficient (Wildman–Crippen LogP) is 1.97. The van der Waals surface area contributed by atoms with Gasteiger partial charge in [-0.25, -0.2) is 4.79 Å². The molecule has 0 radical (unpaired) electrons. The third-order valence-corrected chi connectivity index (χ3v) is 6.26. The number of carbonyl (C=O) groups is 3. The zero-order valence-corrected chi connectivity index (χ0v) is 16.0. The van der Waals surface area contributed by atoms with Crippen molar-refractivity contribution in [3.63, 3.8) is 0 Å². The highest BCUT2D eigenvalue weighted by molar-refractivity contribution is 6.07. The van der Waals surface area contributed by atoms with Gasteiger partial charge in [0, 0.05) is 25.6 Å². The van der Waals surface area contributed by atoms with E-state index in [-0.39, 0.29) is 29.7 Å². The topological polar surface area (TPSA) is 69.7 Å². The van der Waals surface area contributed by atoms with Crippen molar-refractivity contribution in [3.8, 4) is 0 Å². The molecule has 0 unspecified atom stereocenters. The van der Waals surface area contributed by atoms with Crippen LogP contribution < -0.4 is 5.32 Å². The van der Waals surface area contributed by atoms with E-state index in [1.807, 2.05) is 30.9 Å². The summed E-state index contributed by atoms with van der Waals surface area (Å²) in [5.41, 5.74) is 1.76. The van der Waals surface area contributed by atoms with Crippen LogP contribution in [0.2, 0.25) is 0 Å². The van der Waals surface area contributed by atoms with Gasteiger partial charge in [0.05, 0.1) is 0 Å². The Labute approximate surface area is 159 Å². The molecule has 2 fully saturated rings. The maximum absolute atomic E-state index is 13.0. The third-order valence-electron chi connectivity index (χ3n) is 6.26. The van der Waals surface area contributed by atoms with Gasteiger partial charge in [-0.1, -0.05) is 38.1 Å². The number of hydrogen-bond donors (Lipinski definition) is 1. The highest BCUT2D eigenvalue weighted by atomic mass is 16.2. The summed E-state index contributed by atoms with van der Waals surface area (Å²) in [6.45, 7) is 5.70. The van der Waals surface area contributed by atoms with Crippen LogP contribution in [-0.2, 0) is 22.4 Å². The lowest BCUT2D eigenvalue weighted by molar-refractivity contribution is -0.141. The van der Waals surface area contributed by atoms with E-state index in [2.05, 4.69) is 17.4 Å². The second-order valence-electron chi connectivity index (χ2n) is 8.49. The van der Waals surface area contributed by atoms with Gasteiger partial charge in [0.2, 0.25) is 5.91 Å². The Morgan fingerprint density at radius 3 is 2.30 bits per heavy atom. The zero-order chi connectivity index (χ0) is 19.2. The van der Waals surface area contributed by atoms with E-state index >= 15 is 0 Å². The standard InChI is InChI=1S/C21H27N3O3/c1-14(2)13-24-20(27)22-19(26)21(24)7-9-23(10-8-21)18(25)17-11-15-5-3-4-6-16(15)12-17/h3-6,14,17H,7-13H2,1-2H3,(H,22,26,27). The molecular weight excluding hydrogens is 342 g/mol. The van der Waals surface area contributed by atoms with Gasteiger partial charge in [-0.2, -0.15) is 0 Å². The van der Waals surface area contributed by atoms with Gasteiger partial charge in [-0.15, -0.1) is 0 Å². The van der Waals surface area contributed by atoms with Crippen LogP contribution in [-0.4, -0.2) is 52.8 Å². The largest absolute Gasteiger partial charge is 0.342 e. The SMILES string of the molecule is CC(C)CN1C(=O)NC(=O)C12CCN(C(=O)C1Cc3ccccc3C1)CC2. The Bertz CT molecular complexity index is 756. The second-order valence-corrected chi connectivity index (χ2v) is 8.49. The Hall–Kier alpha value is -2.37. The number of carbonyl (C=O) groups excluding carboxylic acids is 3. The summed E-state index contributed by atoms with van der Waals surface area (Å²) in [6, 6.07) is 7.96. The molecule has 1 N–H and O–H groups in total. The molecule has 2 saturated heterocycles. The van der Waals surface area contributed by atoms with Crippen molar-refractivity contribution in [3.05, 3.63) is 35.4 Å². The lowest BCUT2D eigenvalue weighted by Crippen LogP contribution is -2.58. The fourth-order valence-corrected chi connectivity index (χ4v) is 4.81. The molecular formula is C21H27N3O3. The summed E-state index contributed by atoms with van der Waals surface area (Å²) >= 11 is 0. The molecule has 1 aromatic rings. The molecule has 1 aromatic carbocycles. The van der Waals surface area contributed by atoms with Crippen LogP contribution in [0.4, 0.5) is 4.79 Å². The maximum Gasteiger partial charge on any atom is 0.325 e. The van der Waals surface area contributed by atoms with Crippen LogP contribution in [0.25, 0.3) is 0 Å². The fourth-order valence-electron chi connectivity index (χ4n) is 4.81. The monoisotopic (exact) mass is 369 g/mol. The molecule has 6 heteroatoms. The van der Waals surface area contributed by atoms with Crippen molar-refractivity contribution in [1.29, 1.82) is 0 Å². The van der Waals surface area contributed by atoms with E-state index in [0.29, 0.717) is 32.5 Å². The molecule has 0 aromatic heterocycles. The first kappa shape index (κ1) is 18.0. The van der Waals surface area contributed by atoms with Gasteiger partial charge in [-0.05, 0) is 42.7 Å². The molecule has 0 bridgehead atoms. The number of amides is 4. The molecule has 3 aliphatic rings. The van der Waals surface area contributed by atoms with E-state index in [9.17, 15) is 14.4 Å². The summed E-state index contributed by atoms with van der Waals surface area (Å²) in [5, 5.41) is 2.49. The zero-order valence-electron chi connectivity index (χ0n) is 16.0. The van der Waals surface area contributed by atoms with Gasteiger partial charge >= 0.3 is 6.03 Å². The van der Waals surface area contributed by atoms with Crippen LogP contribution in [0.3, 0.4) is 0 Å². The molecule has 1 spiro atoms. The number of likely N-dealkylation sites (tertiary alicyclic amines) is 1. The van der Waals surface area contributed by atoms with Crippen molar-refractivity contribution in [2.75, 3.05) is 19.6 Å². The Morgan fingerprint density at radius 2 is 1.74 bits per heavy atom. The quantitative estimate of drug-likeness (QED) is 0.828. The fraction of sp³-hybridized carbons (Fsp3) is 0.571. The lowest BCUT2D eigenvalue weighted by Gasteiger charge is -2.43. The number of nitrogens with zero attached hydrogens (tertiary/aromatic N) is 2. The molecule has 4 rings (SSSR count). The van der Waals surface area contributed by atoms with E-state index in [0.717, 1.165) is 12.8 Å². The van der Waals surface area contributed by atoms with Gasteiger partial charge in [-0.3, -0.25) is 14.9 Å². The molecule has 2 heterocycles. The summed E-state index contributed by atoms with van der Waals surface area (Å²) in [6.07, 6.45) is 2.63. The number of hydrogen-bond acceptors (Lipinski definition) is 3. The van der Waals surface area contributed by atoms with E-state index in [1.54, 1.807) is 4.90 Å². The van der Waals surface area contributed by atoms with Crippen LogP contribution in [0.1, 0.15) is 37.8 Å². The summed E-state index contributed by atoms with van der Waals surface area (Å²) in [7, 11) is 0. The highest BCUT2D eigenvalue weighted by Gasteiger charge is 2.54. The van der Waals surface area contributed by atoms with Crippen LogP contribution in [0.15, 0.2) is 24.3 Å². The summed E-state index contributed by atoms with van der Waals surface area (Å²) in [5.74, 6) is 0.271. The van der Waals surface area contributed by atoms with Crippen LogP contribution >= 0.6 is 0 Å². The van der Waals surface area contributed by atoms with E-state index in [1.165, 1.54) is 11.1 Å². The first-order chi connectivity index (χ1) is 12.9. The minimum absolute atomic E-state index is 0.00209. The van der Waals surface area contributed by atoms with Crippen molar-refractivity contribution < 1.29 is 14.4 Å². The number of fused-ring (bicyclic) bond motifs is 1. The average Bonchev–Trinajstić information content (AvgIpc) is 3.17. The maximum atomic E-state index is 13.0. The predicted molar refractivity (Wildman–Crippen MR) is 101 cm³/mol. The minimum Gasteiger partial charge on any atom is -0.342 e. The van der Waals surface area contributed by atoms with E-state index in [4.69, 9.17) is 0 Å². The van der Waals surface area contributed by atoms with Crippen LogP contribution in [0.5, 0.6) is 0 Å².